The molecule has 0 saturated carbocycles. The average molecular weight is 204 g/mol. The predicted octanol–water partition coefficient (Wildman–Crippen LogP) is 0.900. The summed E-state index contributed by atoms with van der Waals surface area (Å²) in [6, 6.07) is 1.89. The van der Waals surface area contributed by atoms with E-state index in [-0.39, 0.29) is 5.91 Å². The third-order valence-electron chi connectivity index (χ3n) is 1.57. The van der Waals surface area contributed by atoms with Crippen LogP contribution in [0.3, 0.4) is 0 Å². The second kappa shape index (κ2) is 3.40. The van der Waals surface area contributed by atoms with Gasteiger partial charge in [0.05, 0.1) is 23.5 Å². The number of rotatable bonds is 1. The van der Waals surface area contributed by atoms with Crippen LogP contribution in [0.15, 0.2) is 23.3 Å². The van der Waals surface area contributed by atoms with Crippen molar-refractivity contribution in [2.24, 2.45) is 0 Å². The van der Waals surface area contributed by atoms with Gasteiger partial charge >= 0.3 is 0 Å². The molecule has 2 aromatic rings. The van der Waals surface area contributed by atoms with Crippen molar-refractivity contribution in [3.63, 3.8) is 0 Å². The monoisotopic (exact) mass is 204 g/mol. The second-order valence-electron chi connectivity index (χ2n) is 2.46. The first-order valence-electron chi connectivity index (χ1n) is 3.69. The Bertz CT molecular complexity index is 494. The van der Waals surface area contributed by atoms with E-state index in [0.717, 1.165) is 4.68 Å². The zero-order valence-electron chi connectivity index (χ0n) is 6.91. The van der Waals surface area contributed by atoms with Crippen LogP contribution in [0.5, 0.6) is 0 Å². The van der Waals surface area contributed by atoms with E-state index >= 15 is 0 Å². The van der Waals surface area contributed by atoms with Gasteiger partial charge < -0.3 is 0 Å². The quantitative estimate of drug-likeness (QED) is 0.691. The van der Waals surface area contributed by atoms with E-state index in [1.54, 1.807) is 10.9 Å². The third kappa shape index (κ3) is 1.41. The summed E-state index contributed by atoms with van der Waals surface area (Å²) in [5.74, 6) is -0.326. The molecule has 0 unspecified atom stereocenters. The summed E-state index contributed by atoms with van der Waals surface area (Å²) in [5.41, 5.74) is 2.26. The summed E-state index contributed by atoms with van der Waals surface area (Å²) in [6.45, 7) is 0. The normalized spacial score (nSPS) is 9.64. The molecule has 6 heteroatoms. The molecule has 0 bridgehead atoms. The molecule has 2 rings (SSSR count). The molecule has 5 nitrogen and oxygen atoms in total. The van der Waals surface area contributed by atoms with Gasteiger partial charge in [0.15, 0.2) is 0 Å². The second-order valence-corrected chi connectivity index (χ2v) is 3.18. The number of carbonyl (C=O) groups excluding carboxylic acids is 1. The molecule has 2 heterocycles. The fourth-order valence-corrected chi connectivity index (χ4v) is 1.45. The van der Waals surface area contributed by atoms with Gasteiger partial charge in [0.2, 0.25) is 0 Å². The van der Waals surface area contributed by atoms with Gasteiger partial charge in [0.25, 0.3) is 5.91 Å². The first-order chi connectivity index (χ1) is 6.81. The lowest BCUT2D eigenvalue weighted by atomic mass is 10.4. The van der Waals surface area contributed by atoms with Gasteiger partial charge in [-0.3, -0.25) is 4.79 Å². The minimum Gasteiger partial charge on any atom is -0.265 e. The molecule has 14 heavy (non-hydrogen) atoms. The van der Waals surface area contributed by atoms with E-state index in [1.165, 1.54) is 23.7 Å². The highest BCUT2D eigenvalue weighted by Crippen LogP contribution is 2.04. The van der Waals surface area contributed by atoms with Crippen molar-refractivity contribution in [2.45, 2.75) is 0 Å². The highest BCUT2D eigenvalue weighted by Gasteiger charge is 2.11. The highest BCUT2D eigenvalue weighted by molar-refractivity contribution is 7.07. The van der Waals surface area contributed by atoms with Gasteiger partial charge in [-0.2, -0.15) is 10.4 Å². The number of hydrogen-bond acceptors (Lipinski definition) is 5. The smallest absolute Gasteiger partial charge is 0.265 e. The van der Waals surface area contributed by atoms with E-state index in [2.05, 4.69) is 10.1 Å². The van der Waals surface area contributed by atoms with E-state index in [0.29, 0.717) is 11.3 Å². The van der Waals surface area contributed by atoms with E-state index in [4.69, 9.17) is 5.26 Å². The van der Waals surface area contributed by atoms with E-state index in [9.17, 15) is 4.79 Å². The Balaban J connectivity index is 2.33. The Morgan fingerprint density at radius 2 is 2.50 bits per heavy atom. The number of aromatic nitrogens is 3. The first kappa shape index (κ1) is 8.59. The molecule has 0 amide bonds. The van der Waals surface area contributed by atoms with Crippen molar-refractivity contribution in [1.29, 1.82) is 5.26 Å². The summed E-state index contributed by atoms with van der Waals surface area (Å²) >= 11 is 1.34. The zero-order valence-corrected chi connectivity index (χ0v) is 7.73. The molecule has 2 aromatic heterocycles. The van der Waals surface area contributed by atoms with Crippen LogP contribution >= 0.6 is 11.3 Å². The van der Waals surface area contributed by atoms with Gasteiger partial charge in [0.1, 0.15) is 11.8 Å². The number of hydrogen-bond donors (Lipinski definition) is 0. The van der Waals surface area contributed by atoms with Crippen LogP contribution in [0.1, 0.15) is 16.1 Å². The number of thiazole rings is 1. The maximum Gasteiger partial charge on any atom is 0.297 e. The molecule has 0 saturated heterocycles. The predicted molar refractivity (Wildman–Crippen MR) is 48.8 cm³/mol. The molecular formula is C8H4N4OS. The van der Waals surface area contributed by atoms with E-state index < -0.39 is 0 Å². The number of carbonyl (C=O) groups is 1. The molecule has 0 radical (unpaired) electrons. The molecule has 0 fully saturated rings. The lowest BCUT2D eigenvalue weighted by Crippen LogP contribution is -2.12. The van der Waals surface area contributed by atoms with Gasteiger partial charge in [-0.05, 0) is 0 Å². The van der Waals surface area contributed by atoms with E-state index in [1.807, 2.05) is 6.07 Å². The van der Waals surface area contributed by atoms with Gasteiger partial charge in [-0.15, -0.1) is 11.3 Å². The molecule has 0 N–H and O–H groups in total. The fraction of sp³-hybridized carbons (Fsp3) is 0. The summed E-state index contributed by atoms with van der Waals surface area (Å²) in [5, 5.41) is 13.9. The molecule has 68 valence electrons. The molecular weight excluding hydrogens is 200 g/mol. The van der Waals surface area contributed by atoms with Crippen LogP contribution in [-0.2, 0) is 0 Å². The average Bonchev–Trinajstić information content (AvgIpc) is 2.88. The number of nitrogens with zero attached hydrogens (tertiary/aromatic N) is 4. The zero-order chi connectivity index (χ0) is 9.97. The van der Waals surface area contributed by atoms with Crippen molar-refractivity contribution < 1.29 is 4.79 Å². The minimum absolute atomic E-state index is 0.326. The maximum absolute atomic E-state index is 11.6. The van der Waals surface area contributed by atoms with Crippen LogP contribution < -0.4 is 0 Å². The summed E-state index contributed by atoms with van der Waals surface area (Å²) in [6.07, 6.45) is 2.71. The molecule has 0 atom stereocenters. The topological polar surface area (TPSA) is 71.6 Å². The van der Waals surface area contributed by atoms with Gasteiger partial charge in [-0.25, -0.2) is 9.67 Å². The summed E-state index contributed by atoms with van der Waals surface area (Å²) < 4.78 is 1.10. The standard InChI is InChI=1S/C8H4N4OS/c9-1-6-2-11-12(3-6)8(13)7-4-14-5-10-7/h2-5H. The molecule has 0 aliphatic heterocycles. The molecule has 0 spiro atoms. The fourth-order valence-electron chi connectivity index (χ4n) is 0.927. The highest BCUT2D eigenvalue weighted by atomic mass is 32.1. The maximum atomic E-state index is 11.6. The molecule has 0 aliphatic carbocycles. The number of nitriles is 1. The lowest BCUT2D eigenvalue weighted by Gasteiger charge is -1.93. The largest absolute Gasteiger partial charge is 0.297 e. The Morgan fingerprint density at radius 3 is 3.07 bits per heavy atom. The first-order valence-corrected chi connectivity index (χ1v) is 4.63. The Kier molecular flexibility index (Phi) is 2.08. The van der Waals surface area contributed by atoms with Crippen LogP contribution in [0.4, 0.5) is 0 Å². The van der Waals surface area contributed by atoms with Crippen LogP contribution in [-0.4, -0.2) is 20.7 Å². The Morgan fingerprint density at radius 1 is 1.64 bits per heavy atom. The van der Waals surface area contributed by atoms with Crippen molar-refractivity contribution in [2.75, 3.05) is 0 Å². The Labute approximate surface area is 83.2 Å². The van der Waals surface area contributed by atoms with Crippen LogP contribution in [0.25, 0.3) is 0 Å². The minimum atomic E-state index is -0.326. The summed E-state index contributed by atoms with van der Waals surface area (Å²) in [4.78, 5) is 15.4. The molecule has 0 aromatic carbocycles. The summed E-state index contributed by atoms with van der Waals surface area (Å²) in [7, 11) is 0. The third-order valence-corrected chi connectivity index (χ3v) is 2.16. The SMILES string of the molecule is N#Cc1cnn(C(=O)c2cscn2)c1. The molecule has 0 aliphatic rings. The van der Waals surface area contributed by atoms with Crippen molar-refractivity contribution in [3.8, 4) is 6.07 Å². The van der Waals surface area contributed by atoms with Crippen molar-refractivity contribution in [3.05, 3.63) is 34.5 Å². The van der Waals surface area contributed by atoms with Gasteiger partial charge in [0, 0.05) is 5.38 Å². The Hall–Kier alpha value is -2.00. The van der Waals surface area contributed by atoms with Crippen LogP contribution in [0, 0.1) is 11.3 Å². The lowest BCUT2D eigenvalue weighted by molar-refractivity contribution is 0.0941. The van der Waals surface area contributed by atoms with Gasteiger partial charge in [-0.1, -0.05) is 0 Å². The van der Waals surface area contributed by atoms with Crippen molar-refractivity contribution in [1.82, 2.24) is 14.8 Å². The van der Waals surface area contributed by atoms with Crippen molar-refractivity contribution >= 4 is 17.2 Å². The van der Waals surface area contributed by atoms with Crippen LogP contribution in [0.2, 0.25) is 0 Å².